The van der Waals surface area contributed by atoms with Crippen molar-refractivity contribution in [3.8, 4) is 0 Å². The second kappa shape index (κ2) is 7.52. The van der Waals surface area contributed by atoms with Crippen molar-refractivity contribution in [2.24, 2.45) is 0 Å². The molecule has 1 saturated heterocycles. The predicted octanol–water partition coefficient (Wildman–Crippen LogP) is 4.02. The van der Waals surface area contributed by atoms with Crippen molar-refractivity contribution >= 4 is 33.5 Å². The summed E-state index contributed by atoms with van der Waals surface area (Å²) in [7, 11) is -3.46. The Bertz CT molecular complexity index is 899. The van der Waals surface area contributed by atoms with Gasteiger partial charge in [0.25, 0.3) is 0 Å². The van der Waals surface area contributed by atoms with Crippen LogP contribution >= 0.6 is 11.6 Å². The first-order valence-corrected chi connectivity index (χ1v) is 9.87. The molecule has 1 heterocycles. The average Bonchev–Trinajstić information content (AvgIpc) is 3.16. The summed E-state index contributed by atoms with van der Waals surface area (Å²) in [5, 5.41) is 0.568. The summed E-state index contributed by atoms with van der Waals surface area (Å²) in [6, 6.07) is 13.3. The summed E-state index contributed by atoms with van der Waals surface area (Å²) in [6.45, 7) is 1.12. The fourth-order valence-electron chi connectivity index (χ4n) is 2.74. The van der Waals surface area contributed by atoms with Crippen LogP contribution in [0.15, 0.2) is 59.5 Å². The lowest BCUT2D eigenvalue weighted by atomic mass is 10.1. The summed E-state index contributed by atoms with van der Waals surface area (Å²) in [5.74, 6) is -0.204. The van der Waals surface area contributed by atoms with Crippen molar-refractivity contribution in [1.82, 2.24) is 4.31 Å². The molecule has 2 aromatic rings. The maximum absolute atomic E-state index is 12.5. The summed E-state index contributed by atoms with van der Waals surface area (Å²) >= 11 is 6.05. The highest BCUT2D eigenvalue weighted by Gasteiger charge is 2.26. The van der Waals surface area contributed by atoms with Gasteiger partial charge in [-0.2, -0.15) is 4.31 Å². The molecule has 130 valence electrons. The van der Waals surface area contributed by atoms with Gasteiger partial charge in [0.15, 0.2) is 5.78 Å². The second-order valence-corrected chi connectivity index (χ2v) is 8.20. The van der Waals surface area contributed by atoms with E-state index >= 15 is 0 Å². The van der Waals surface area contributed by atoms with Gasteiger partial charge < -0.3 is 0 Å². The van der Waals surface area contributed by atoms with Gasteiger partial charge in [-0.1, -0.05) is 29.8 Å². The number of carbonyl (C=O) groups excluding carboxylic acids is 1. The minimum absolute atomic E-state index is 0.204. The first kappa shape index (κ1) is 17.9. The lowest BCUT2D eigenvalue weighted by molar-refractivity contribution is 0.104. The molecular weight excluding hydrogens is 358 g/mol. The molecule has 1 aliphatic heterocycles. The number of hydrogen-bond donors (Lipinski definition) is 0. The van der Waals surface area contributed by atoms with Gasteiger partial charge in [0.1, 0.15) is 0 Å². The van der Waals surface area contributed by atoms with Crippen molar-refractivity contribution < 1.29 is 13.2 Å². The van der Waals surface area contributed by atoms with Crippen LogP contribution in [0.1, 0.15) is 28.8 Å². The lowest BCUT2D eigenvalue weighted by Crippen LogP contribution is -2.27. The van der Waals surface area contributed by atoms with Crippen molar-refractivity contribution in [3.63, 3.8) is 0 Å². The zero-order valence-electron chi connectivity index (χ0n) is 13.6. The highest BCUT2D eigenvalue weighted by Crippen LogP contribution is 2.21. The standard InChI is InChI=1S/C19H18ClNO3S/c20-18-6-2-1-5-15(18)9-12-19(22)16-7-10-17(11-8-16)25(23,24)21-13-3-4-14-21/h1-2,5-12H,3-4,13-14H2. The van der Waals surface area contributed by atoms with Crippen LogP contribution in [0.25, 0.3) is 6.08 Å². The molecule has 2 aromatic carbocycles. The highest BCUT2D eigenvalue weighted by atomic mass is 35.5. The molecule has 25 heavy (non-hydrogen) atoms. The Kier molecular flexibility index (Phi) is 5.37. The Morgan fingerprint density at radius 3 is 2.28 bits per heavy atom. The molecule has 0 N–H and O–H groups in total. The van der Waals surface area contributed by atoms with Gasteiger partial charge in [0.2, 0.25) is 10.0 Å². The molecule has 1 fully saturated rings. The number of benzene rings is 2. The monoisotopic (exact) mass is 375 g/mol. The van der Waals surface area contributed by atoms with Crippen LogP contribution in [-0.2, 0) is 10.0 Å². The molecular formula is C19H18ClNO3S. The summed E-state index contributed by atoms with van der Waals surface area (Å²) < 4.78 is 26.4. The summed E-state index contributed by atoms with van der Waals surface area (Å²) in [5.41, 5.74) is 1.19. The van der Waals surface area contributed by atoms with E-state index in [9.17, 15) is 13.2 Å². The topological polar surface area (TPSA) is 54.5 Å². The van der Waals surface area contributed by atoms with Crippen LogP contribution in [0.5, 0.6) is 0 Å². The van der Waals surface area contributed by atoms with Gasteiger partial charge in [0, 0.05) is 23.7 Å². The van der Waals surface area contributed by atoms with Crippen LogP contribution < -0.4 is 0 Å². The number of halogens is 1. The number of nitrogens with zero attached hydrogens (tertiary/aromatic N) is 1. The predicted molar refractivity (Wildman–Crippen MR) is 99.3 cm³/mol. The molecule has 0 aliphatic carbocycles. The third-order valence-electron chi connectivity index (χ3n) is 4.16. The van der Waals surface area contributed by atoms with E-state index in [-0.39, 0.29) is 10.7 Å². The third-order valence-corrected chi connectivity index (χ3v) is 6.42. The molecule has 0 atom stereocenters. The number of hydrogen-bond acceptors (Lipinski definition) is 3. The molecule has 0 amide bonds. The van der Waals surface area contributed by atoms with Crippen LogP contribution in [0.4, 0.5) is 0 Å². The normalized spacial score (nSPS) is 15.7. The minimum atomic E-state index is -3.46. The molecule has 0 unspecified atom stereocenters. The zero-order valence-corrected chi connectivity index (χ0v) is 15.1. The van der Waals surface area contributed by atoms with E-state index in [4.69, 9.17) is 11.6 Å². The Hall–Kier alpha value is -1.95. The minimum Gasteiger partial charge on any atom is -0.289 e. The largest absolute Gasteiger partial charge is 0.289 e. The molecule has 1 aliphatic rings. The first-order chi connectivity index (χ1) is 12.0. The average molecular weight is 376 g/mol. The Labute approximate surface area is 152 Å². The van der Waals surface area contributed by atoms with E-state index in [0.717, 1.165) is 18.4 Å². The first-order valence-electron chi connectivity index (χ1n) is 8.05. The lowest BCUT2D eigenvalue weighted by Gasteiger charge is -2.15. The van der Waals surface area contributed by atoms with Crippen LogP contribution in [0, 0.1) is 0 Å². The van der Waals surface area contributed by atoms with Gasteiger partial charge in [-0.15, -0.1) is 0 Å². The zero-order chi connectivity index (χ0) is 17.9. The molecule has 0 radical (unpaired) electrons. The molecule has 3 rings (SSSR count). The van der Waals surface area contributed by atoms with E-state index in [1.54, 1.807) is 24.3 Å². The smallest absolute Gasteiger partial charge is 0.243 e. The number of sulfonamides is 1. The quantitative estimate of drug-likeness (QED) is 0.585. The number of carbonyl (C=O) groups is 1. The third kappa shape index (κ3) is 4.00. The van der Waals surface area contributed by atoms with E-state index in [1.807, 2.05) is 18.2 Å². The SMILES string of the molecule is O=C(C=Cc1ccccc1Cl)c1ccc(S(=O)(=O)N2CCCC2)cc1. The molecule has 4 nitrogen and oxygen atoms in total. The Morgan fingerprint density at radius 2 is 1.64 bits per heavy atom. The highest BCUT2D eigenvalue weighted by molar-refractivity contribution is 7.89. The van der Waals surface area contributed by atoms with Crippen LogP contribution in [0.2, 0.25) is 5.02 Å². The van der Waals surface area contributed by atoms with Crippen LogP contribution in [-0.4, -0.2) is 31.6 Å². The molecule has 0 bridgehead atoms. The molecule has 0 saturated carbocycles. The maximum atomic E-state index is 12.5. The summed E-state index contributed by atoms with van der Waals surface area (Å²) in [6.07, 6.45) is 4.87. The maximum Gasteiger partial charge on any atom is 0.243 e. The molecule has 6 heteroatoms. The number of ketones is 1. The van der Waals surface area contributed by atoms with Gasteiger partial charge in [-0.05, 0) is 60.9 Å². The van der Waals surface area contributed by atoms with E-state index in [0.29, 0.717) is 23.7 Å². The number of allylic oxidation sites excluding steroid dienone is 1. The Morgan fingerprint density at radius 1 is 1.00 bits per heavy atom. The van der Waals surface area contributed by atoms with Crippen molar-refractivity contribution in [3.05, 3.63) is 70.8 Å². The van der Waals surface area contributed by atoms with Crippen molar-refractivity contribution in [2.75, 3.05) is 13.1 Å². The molecule has 0 spiro atoms. The molecule has 0 aromatic heterocycles. The van der Waals surface area contributed by atoms with Crippen LogP contribution in [0.3, 0.4) is 0 Å². The van der Waals surface area contributed by atoms with Crippen molar-refractivity contribution in [2.45, 2.75) is 17.7 Å². The van der Waals surface area contributed by atoms with Gasteiger partial charge >= 0.3 is 0 Å². The van der Waals surface area contributed by atoms with E-state index in [1.165, 1.54) is 22.5 Å². The van der Waals surface area contributed by atoms with E-state index in [2.05, 4.69) is 0 Å². The van der Waals surface area contributed by atoms with Gasteiger partial charge in [0.05, 0.1) is 4.90 Å². The summed E-state index contributed by atoms with van der Waals surface area (Å²) in [4.78, 5) is 12.5. The second-order valence-electron chi connectivity index (χ2n) is 5.85. The fourth-order valence-corrected chi connectivity index (χ4v) is 4.46. The number of rotatable bonds is 5. The fraction of sp³-hybridized carbons (Fsp3) is 0.211. The van der Waals surface area contributed by atoms with Crippen molar-refractivity contribution in [1.29, 1.82) is 0 Å². The van der Waals surface area contributed by atoms with E-state index < -0.39 is 10.0 Å². The van der Waals surface area contributed by atoms with Gasteiger partial charge in [-0.3, -0.25) is 4.79 Å². The van der Waals surface area contributed by atoms with Gasteiger partial charge in [-0.25, -0.2) is 8.42 Å². The Balaban J connectivity index is 1.76.